The van der Waals surface area contributed by atoms with Crippen molar-refractivity contribution in [3.05, 3.63) is 10.9 Å². The Morgan fingerprint density at radius 1 is 1.15 bits per heavy atom. The van der Waals surface area contributed by atoms with Crippen LogP contribution < -0.4 is 10.6 Å². The van der Waals surface area contributed by atoms with Crippen LogP contribution in [-0.2, 0) is 0 Å². The predicted molar refractivity (Wildman–Crippen MR) is 88.9 cm³/mol. The Bertz CT molecular complexity index is 579. The zero-order valence-corrected chi connectivity index (χ0v) is 13.8. The molecule has 4 nitrogen and oxygen atoms in total. The SMILES string of the molecule is CCC(CC)(CC)Nc1nc(NC)nc2sc(C)cc12. The van der Waals surface area contributed by atoms with Gasteiger partial charge in [0.1, 0.15) is 10.6 Å². The van der Waals surface area contributed by atoms with E-state index in [0.717, 1.165) is 35.3 Å². The van der Waals surface area contributed by atoms with Gasteiger partial charge in [0.2, 0.25) is 5.95 Å². The van der Waals surface area contributed by atoms with Gasteiger partial charge < -0.3 is 10.6 Å². The van der Waals surface area contributed by atoms with Crippen molar-refractivity contribution in [2.24, 2.45) is 0 Å². The Balaban J connectivity index is 2.51. The molecule has 0 atom stereocenters. The highest BCUT2D eigenvalue weighted by molar-refractivity contribution is 7.18. The summed E-state index contributed by atoms with van der Waals surface area (Å²) in [4.78, 5) is 11.5. The van der Waals surface area contributed by atoms with Crippen LogP contribution in [0.3, 0.4) is 0 Å². The van der Waals surface area contributed by atoms with Gasteiger partial charge in [-0.05, 0) is 32.3 Å². The van der Waals surface area contributed by atoms with E-state index in [1.807, 2.05) is 7.05 Å². The van der Waals surface area contributed by atoms with Gasteiger partial charge in [-0.3, -0.25) is 0 Å². The van der Waals surface area contributed by atoms with Gasteiger partial charge in [0.05, 0.1) is 5.39 Å². The lowest BCUT2D eigenvalue weighted by molar-refractivity contribution is 0.419. The molecular formula is C15H24N4S. The number of hydrogen-bond acceptors (Lipinski definition) is 5. The fourth-order valence-corrected chi connectivity index (χ4v) is 3.39. The van der Waals surface area contributed by atoms with Crippen molar-refractivity contribution in [1.82, 2.24) is 9.97 Å². The molecular weight excluding hydrogens is 268 g/mol. The minimum absolute atomic E-state index is 0.113. The zero-order valence-electron chi connectivity index (χ0n) is 13.0. The largest absolute Gasteiger partial charge is 0.364 e. The number of anilines is 2. The molecule has 0 unspecified atom stereocenters. The monoisotopic (exact) mass is 292 g/mol. The maximum Gasteiger partial charge on any atom is 0.225 e. The number of aromatic nitrogens is 2. The van der Waals surface area contributed by atoms with Gasteiger partial charge in [0.15, 0.2) is 0 Å². The highest BCUT2D eigenvalue weighted by Gasteiger charge is 2.25. The first-order valence-corrected chi connectivity index (χ1v) is 8.13. The molecule has 20 heavy (non-hydrogen) atoms. The topological polar surface area (TPSA) is 49.8 Å². The van der Waals surface area contributed by atoms with E-state index < -0.39 is 0 Å². The maximum atomic E-state index is 4.63. The minimum Gasteiger partial charge on any atom is -0.364 e. The molecule has 0 radical (unpaired) electrons. The third-order valence-electron chi connectivity index (χ3n) is 4.15. The van der Waals surface area contributed by atoms with Gasteiger partial charge in [-0.15, -0.1) is 11.3 Å². The number of rotatable bonds is 6. The second kappa shape index (κ2) is 5.95. The molecule has 0 amide bonds. The van der Waals surface area contributed by atoms with Gasteiger partial charge in [-0.2, -0.15) is 4.98 Å². The number of hydrogen-bond donors (Lipinski definition) is 2. The van der Waals surface area contributed by atoms with Crippen molar-refractivity contribution in [1.29, 1.82) is 0 Å². The number of aryl methyl sites for hydroxylation is 1. The summed E-state index contributed by atoms with van der Waals surface area (Å²) in [5, 5.41) is 7.87. The number of nitrogens with one attached hydrogen (secondary N) is 2. The molecule has 0 fully saturated rings. The van der Waals surface area contributed by atoms with E-state index in [-0.39, 0.29) is 5.54 Å². The molecule has 2 aromatic rings. The second-order valence-electron chi connectivity index (χ2n) is 5.19. The molecule has 2 aromatic heterocycles. The van der Waals surface area contributed by atoms with Gasteiger partial charge in [0, 0.05) is 17.5 Å². The van der Waals surface area contributed by atoms with E-state index in [4.69, 9.17) is 0 Å². The van der Waals surface area contributed by atoms with Crippen molar-refractivity contribution in [3.63, 3.8) is 0 Å². The normalized spacial score (nSPS) is 11.8. The zero-order chi connectivity index (χ0) is 14.8. The van der Waals surface area contributed by atoms with Crippen molar-refractivity contribution in [2.45, 2.75) is 52.5 Å². The van der Waals surface area contributed by atoms with E-state index in [9.17, 15) is 0 Å². The molecule has 0 aromatic carbocycles. The smallest absolute Gasteiger partial charge is 0.225 e. The Hall–Kier alpha value is -1.36. The molecule has 2 N–H and O–H groups in total. The van der Waals surface area contributed by atoms with Crippen LogP contribution in [0.2, 0.25) is 0 Å². The summed E-state index contributed by atoms with van der Waals surface area (Å²) >= 11 is 1.71. The molecule has 0 aliphatic heterocycles. The van der Waals surface area contributed by atoms with Crippen LogP contribution in [0.15, 0.2) is 6.07 Å². The Morgan fingerprint density at radius 3 is 2.35 bits per heavy atom. The number of thiophene rings is 1. The van der Waals surface area contributed by atoms with Crippen LogP contribution in [0.1, 0.15) is 44.9 Å². The first kappa shape index (κ1) is 15.0. The number of fused-ring (bicyclic) bond motifs is 1. The molecule has 2 rings (SSSR count). The van der Waals surface area contributed by atoms with Crippen LogP contribution in [0.4, 0.5) is 11.8 Å². The average molecular weight is 292 g/mol. The summed E-state index contributed by atoms with van der Waals surface area (Å²) in [7, 11) is 1.86. The molecule has 0 saturated carbocycles. The lowest BCUT2D eigenvalue weighted by atomic mass is 9.90. The fourth-order valence-electron chi connectivity index (χ4n) is 2.52. The van der Waals surface area contributed by atoms with E-state index in [0.29, 0.717) is 5.95 Å². The van der Waals surface area contributed by atoms with Crippen molar-refractivity contribution >= 4 is 33.3 Å². The van der Waals surface area contributed by atoms with Crippen molar-refractivity contribution < 1.29 is 0 Å². The molecule has 0 aliphatic carbocycles. The second-order valence-corrected chi connectivity index (χ2v) is 6.42. The van der Waals surface area contributed by atoms with Gasteiger partial charge in [0.25, 0.3) is 0 Å². The van der Waals surface area contributed by atoms with Crippen molar-refractivity contribution in [3.8, 4) is 0 Å². The van der Waals surface area contributed by atoms with Crippen LogP contribution in [0.25, 0.3) is 10.2 Å². The average Bonchev–Trinajstić information content (AvgIpc) is 2.85. The summed E-state index contributed by atoms with van der Waals surface area (Å²) in [6, 6.07) is 2.17. The number of nitrogens with zero attached hydrogens (tertiary/aromatic N) is 2. The van der Waals surface area contributed by atoms with E-state index in [1.54, 1.807) is 11.3 Å². The molecule has 0 aliphatic rings. The van der Waals surface area contributed by atoms with Crippen molar-refractivity contribution in [2.75, 3.05) is 17.7 Å². The molecule has 0 spiro atoms. The summed E-state index contributed by atoms with van der Waals surface area (Å²) in [6.45, 7) is 8.81. The fraction of sp³-hybridized carbons (Fsp3) is 0.600. The molecule has 5 heteroatoms. The Kier molecular flexibility index (Phi) is 4.48. The minimum atomic E-state index is 0.113. The first-order valence-electron chi connectivity index (χ1n) is 7.31. The third kappa shape index (κ3) is 2.73. The Morgan fingerprint density at radius 2 is 1.80 bits per heavy atom. The highest BCUT2D eigenvalue weighted by atomic mass is 32.1. The molecule has 110 valence electrons. The quantitative estimate of drug-likeness (QED) is 0.827. The van der Waals surface area contributed by atoms with Crippen LogP contribution in [0, 0.1) is 6.92 Å². The molecule has 0 bridgehead atoms. The van der Waals surface area contributed by atoms with E-state index in [1.165, 1.54) is 4.88 Å². The summed E-state index contributed by atoms with van der Waals surface area (Å²) < 4.78 is 0. The molecule has 0 saturated heterocycles. The first-order chi connectivity index (χ1) is 9.57. The highest BCUT2D eigenvalue weighted by Crippen LogP contribution is 2.33. The predicted octanol–water partition coefficient (Wildman–Crippen LogP) is 4.42. The lowest BCUT2D eigenvalue weighted by Crippen LogP contribution is -2.36. The maximum absolute atomic E-state index is 4.63. The van der Waals surface area contributed by atoms with E-state index in [2.05, 4.69) is 54.4 Å². The van der Waals surface area contributed by atoms with Crippen LogP contribution in [-0.4, -0.2) is 22.6 Å². The standard InChI is InChI=1S/C15H24N4S/c1-6-15(7-2,8-3)19-12-11-9-10(4)20-13(11)18-14(16-5)17-12/h9H,6-8H2,1-5H3,(H2,16,17,18,19). The van der Waals surface area contributed by atoms with Gasteiger partial charge in [-0.25, -0.2) is 4.98 Å². The van der Waals surface area contributed by atoms with Gasteiger partial charge >= 0.3 is 0 Å². The Labute approximate surface area is 125 Å². The van der Waals surface area contributed by atoms with Gasteiger partial charge in [-0.1, -0.05) is 20.8 Å². The summed E-state index contributed by atoms with van der Waals surface area (Å²) in [5.41, 5.74) is 0.113. The summed E-state index contributed by atoms with van der Waals surface area (Å²) in [6.07, 6.45) is 3.26. The van der Waals surface area contributed by atoms with E-state index >= 15 is 0 Å². The third-order valence-corrected chi connectivity index (χ3v) is 5.10. The summed E-state index contributed by atoms with van der Waals surface area (Å²) in [5.74, 6) is 1.63. The molecule has 2 heterocycles. The lowest BCUT2D eigenvalue weighted by Gasteiger charge is -2.32. The van der Waals surface area contributed by atoms with Crippen LogP contribution in [0.5, 0.6) is 0 Å². The van der Waals surface area contributed by atoms with Crippen LogP contribution >= 0.6 is 11.3 Å².